The van der Waals surface area contributed by atoms with Gasteiger partial charge >= 0.3 is 0 Å². The van der Waals surface area contributed by atoms with E-state index in [1.807, 2.05) is 0 Å². The van der Waals surface area contributed by atoms with Crippen LogP contribution in [0.5, 0.6) is 0 Å². The molecule has 1 heterocycles. The van der Waals surface area contributed by atoms with Crippen LogP contribution in [-0.4, -0.2) is 41.9 Å². The molecular formula is C7H14O4. The van der Waals surface area contributed by atoms with Gasteiger partial charge in [-0.25, -0.2) is 0 Å². The van der Waals surface area contributed by atoms with E-state index in [4.69, 9.17) is 14.6 Å². The highest BCUT2D eigenvalue weighted by Gasteiger charge is 2.36. The largest absolute Gasteiger partial charge is 0.391 e. The van der Waals surface area contributed by atoms with Gasteiger partial charge in [0.15, 0.2) is 6.29 Å². The molecule has 1 fully saturated rings. The molecule has 0 spiro atoms. The van der Waals surface area contributed by atoms with Gasteiger partial charge in [0.1, 0.15) is 6.10 Å². The maximum Gasteiger partial charge on any atom is 0.160 e. The number of ether oxygens (including phenoxy) is 2. The number of hydrogen-bond acceptors (Lipinski definition) is 4. The summed E-state index contributed by atoms with van der Waals surface area (Å²) in [5, 5.41) is 18.4. The van der Waals surface area contributed by atoms with Crippen molar-refractivity contribution in [3.05, 3.63) is 0 Å². The van der Waals surface area contributed by atoms with Gasteiger partial charge in [-0.1, -0.05) is 0 Å². The second-order valence-electron chi connectivity index (χ2n) is 2.81. The number of hydrogen-bond donors (Lipinski definition) is 2. The summed E-state index contributed by atoms with van der Waals surface area (Å²) in [6, 6.07) is 0. The van der Waals surface area contributed by atoms with Crippen molar-refractivity contribution >= 4 is 0 Å². The van der Waals surface area contributed by atoms with E-state index in [0.29, 0.717) is 6.42 Å². The zero-order valence-electron chi connectivity index (χ0n) is 6.73. The first-order valence-corrected chi connectivity index (χ1v) is 3.69. The molecule has 0 aliphatic carbocycles. The molecule has 1 aliphatic heterocycles. The van der Waals surface area contributed by atoms with Crippen molar-refractivity contribution in [3.8, 4) is 0 Å². The lowest BCUT2D eigenvalue weighted by atomic mass is 10.1. The first kappa shape index (κ1) is 8.93. The Bertz CT molecular complexity index is 126. The zero-order valence-corrected chi connectivity index (χ0v) is 6.73. The molecule has 4 nitrogen and oxygen atoms in total. The first-order valence-electron chi connectivity index (χ1n) is 3.69. The number of aliphatic hydroxyl groups excluding tert-OH is 2. The quantitative estimate of drug-likeness (QED) is 0.574. The monoisotopic (exact) mass is 162 g/mol. The Kier molecular flexibility index (Phi) is 2.84. The Hall–Kier alpha value is -0.160. The van der Waals surface area contributed by atoms with Crippen LogP contribution < -0.4 is 0 Å². The Morgan fingerprint density at radius 1 is 1.64 bits per heavy atom. The predicted molar refractivity (Wildman–Crippen MR) is 38.0 cm³/mol. The number of rotatable bonds is 2. The SMILES string of the molecule is CO[C@@H]1C[C@H](O)[C@H]([C@@H](C)O)O1. The number of methoxy groups -OCH3 is 1. The fourth-order valence-electron chi connectivity index (χ4n) is 1.24. The minimum absolute atomic E-state index is 0.371. The van der Waals surface area contributed by atoms with Crippen LogP contribution in [0, 0.1) is 0 Å². The average Bonchev–Trinajstić information content (AvgIpc) is 2.30. The molecular weight excluding hydrogens is 148 g/mol. The third-order valence-corrected chi connectivity index (χ3v) is 1.86. The summed E-state index contributed by atoms with van der Waals surface area (Å²) in [5.41, 5.74) is 0. The average molecular weight is 162 g/mol. The van der Waals surface area contributed by atoms with Crippen LogP contribution in [0.3, 0.4) is 0 Å². The van der Waals surface area contributed by atoms with Crippen molar-refractivity contribution in [2.75, 3.05) is 7.11 Å². The fraction of sp³-hybridized carbons (Fsp3) is 1.00. The van der Waals surface area contributed by atoms with Gasteiger partial charge in [-0.15, -0.1) is 0 Å². The molecule has 66 valence electrons. The van der Waals surface area contributed by atoms with Gasteiger partial charge in [0, 0.05) is 13.5 Å². The molecule has 0 bridgehead atoms. The molecule has 1 aliphatic rings. The van der Waals surface area contributed by atoms with Crippen molar-refractivity contribution in [1.29, 1.82) is 0 Å². The summed E-state index contributed by atoms with van der Waals surface area (Å²) in [4.78, 5) is 0. The minimum atomic E-state index is -0.648. The topological polar surface area (TPSA) is 58.9 Å². The summed E-state index contributed by atoms with van der Waals surface area (Å²) >= 11 is 0. The van der Waals surface area contributed by atoms with Crippen molar-refractivity contribution < 1.29 is 19.7 Å². The van der Waals surface area contributed by atoms with Gasteiger partial charge in [0.05, 0.1) is 12.2 Å². The molecule has 0 amide bonds. The molecule has 4 heteroatoms. The van der Waals surface area contributed by atoms with E-state index in [9.17, 15) is 5.11 Å². The second kappa shape index (κ2) is 3.49. The molecule has 0 aromatic carbocycles. The lowest BCUT2D eigenvalue weighted by Gasteiger charge is -2.16. The van der Waals surface area contributed by atoms with E-state index in [1.165, 1.54) is 7.11 Å². The van der Waals surface area contributed by atoms with Crippen molar-refractivity contribution in [2.45, 2.75) is 37.9 Å². The van der Waals surface area contributed by atoms with Gasteiger partial charge in [0.25, 0.3) is 0 Å². The molecule has 1 rings (SSSR count). The van der Waals surface area contributed by atoms with E-state index in [1.54, 1.807) is 6.92 Å². The van der Waals surface area contributed by atoms with Crippen LogP contribution >= 0.6 is 0 Å². The third-order valence-electron chi connectivity index (χ3n) is 1.86. The first-order chi connectivity index (χ1) is 5.15. The summed E-state index contributed by atoms with van der Waals surface area (Å²) in [6.45, 7) is 1.59. The van der Waals surface area contributed by atoms with E-state index in [2.05, 4.69) is 0 Å². The Labute approximate surface area is 65.7 Å². The van der Waals surface area contributed by atoms with Gasteiger partial charge in [-0.05, 0) is 6.92 Å². The van der Waals surface area contributed by atoms with Crippen LogP contribution in [-0.2, 0) is 9.47 Å². The second-order valence-corrected chi connectivity index (χ2v) is 2.81. The molecule has 0 saturated carbocycles. The lowest BCUT2D eigenvalue weighted by Crippen LogP contribution is -2.32. The van der Waals surface area contributed by atoms with Gasteiger partial charge in [-0.2, -0.15) is 0 Å². The van der Waals surface area contributed by atoms with Crippen LogP contribution in [0.1, 0.15) is 13.3 Å². The molecule has 1 saturated heterocycles. The highest BCUT2D eigenvalue weighted by molar-refractivity contribution is 4.81. The van der Waals surface area contributed by atoms with E-state index in [-0.39, 0.29) is 6.29 Å². The Balaban J connectivity index is 2.45. The Morgan fingerprint density at radius 2 is 2.27 bits per heavy atom. The summed E-state index contributed by atoms with van der Waals surface area (Å²) in [7, 11) is 1.52. The maximum absolute atomic E-state index is 9.30. The predicted octanol–water partition coefficient (Wildman–Crippen LogP) is -0.510. The third kappa shape index (κ3) is 1.90. The van der Waals surface area contributed by atoms with Crippen LogP contribution in [0.4, 0.5) is 0 Å². The lowest BCUT2D eigenvalue weighted by molar-refractivity contribution is -0.141. The fourth-order valence-corrected chi connectivity index (χ4v) is 1.24. The van der Waals surface area contributed by atoms with Crippen molar-refractivity contribution in [3.63, 3.8) is 0 Å². The highest BCUT2D eigenvalue weighted by atomic mass is 16.7. The van der Waals surface area contributed by atoms with Crippen molar-refractivity contribution in [1.82, 2.24) is 0 Å². The maximum atomic E-state index is 9.30. The smallest absolute Gasteiger partial charge is 0.160 e. The summed E-state index contributed by atoms with van der Waals surface area (Å²) < 4.78 is 10.0. The van der Waals surface area contributed by atoms with Crippen molar-refractivity contribution in [2.24, 2.45) is 0 Å². The van der Waals surface area contributed by atoms with Gasteiger partial charge in [0.2, 0.25) is 0 Å². The zero-order chi connectivity index (χ0) is 8.43. The highest BCUT2D eigenvalue weighted by Crippen LogP contribution is 2.22. The van der Waals surface area contributed by atoms with E-state index in [0.717, 1.165) is 0 Å². The molecule has 0 radical (unpaired) electrons. The minimum Gasteiger partial charge on any atom is -0.391 e. The van der Waals surface area contributed by atoms with Gasteiger partial charge < -0.3 is 19.7 Å². The molecule has 0 aromatic rings. The summed E-state index contributed by atoms with van der Waals surface area (Å²) in [6.07, 6.45) is -1.69. The molecule has 0 unspecified atom stereocenters. The van der Waals surface area contributed by atoms with Crippen LogP contribution in [0.2, 0.25) is 0 Å². The van der Waals surface area contributed by atoms with E-state index >= 15 is 0 Å². The molecule has 2 N–H and O–H groups in total. The summed E-state index contributed by atoms with van der Waals surface area (Å²) in [5.74, 6) is 0. The molecule has 11 heavy (non-hydrogen) atoms. The standard InChI is InChI=1S/C7H14O4/c1-4(8)7-5(9)3-6(10-2)11-7/h4-9H,3H2,1-2H3/t4-,5+,6+,7+/m1/s1. The van der Waals surface area contributed by atoms with Crippen LogP contribution in [0.15, 0.2) is 0 Å². The van der Waals surface area contributed by atoms with Gasteiger partial charge in [-0.3, -0.25) is 0 Å². The molecule has 4 atom stereocenters. The number of aliphatic hydroxyl groups is 2. The van der Waals surface area contributed by atoms with E-state index < -0.39 is 18.3 Å². The normalized spacial score (nSPS) is 40.9. The van der Waals surface area contributed by atoms with Crippen LogP contribution in [0.25, 0.3) is 0 Å². The molecule has 0 aromatic heterocycles. The Morgan fingerprint density at radius 3 is 2.55 bits per heavy atom.